The molecule has 0 rings (SSSR count). The molecular weight excluding hydrogens is 176 g/mol. The van der Waals surface area contributed by atoms with Gasteiger partial charge in [-0.3, -0.25) is 0 Å². The number of hydrogen-bond donors (Lipinski definition) is 2. The van der Waals surface area contributed by atoms with E-state index in [9.17, 15) is 9.59 Å². The van der Waals surface area contributed by atoms with Crippen molar-refractivity contribution in [3.8, 4) is 0 Å². The second kappa shape index (κ2) is 5.18. The lowest BCUT2D eigenvalue weighted by Gasteiger charge is -2.04. The highest BCUT2D eigenvalue weighted by molar-refractivity contribution is 5.97. The van der Waals surface area contributed by atoms with Gasteiger partial charge >= 0.3 is 11.9 Å². The summed E-state index contributed by atoms with van der Waals surface area (Å²) in [5, 5.41) is 17.3. The molecule has 0 radical (unpaired) electrons. The molecular formula is C8H12O5. The van der Waals surface area contributed by atoms with Gasteiger partial charge in [-0.2, -0.15) is 0 Å². The highest BCUT2D eigenvalue weighted by atomic mass is 16.5. The molecule has 0 bridgehead atoms. The van der Waals surface area contributed by atoms with Crippen molar-refractivity contribution >= 4 is 11.9 Å². The van der Waals surface area contributed by atoms with E-state index in [0.29, 0.717) is 0 Å². The molecule has 74 valence electrons. The van der Waals surface area contributed by atoms with Crippen LogP contribution in [0.15, 0.2) is 11.3 Å². The molecule has 0 heterocycles. The maximum atomic E-state index is 11.0. The summed E-state index contributed by atoms with van der Waals surface area (Å²) < 4.78 is 4.55. The van der Waals surface area contributed by atoms with Crippen LogP contribution in [-0.4, -0.2) is 28.8 Å². The molecule has 0 aromatic rings. The molecule has 0 aliphatic rings. The van der Waals surface area contributed by atoms with Crippen molar-refractivity contribution < 1.29 is 24.5 Å². The Morgan fingerprint density at radius 2 is 1.77 bits per heavy atom. The van der Waals surface area contributed by atoms with E-state index in [4.69, 9.17) is 10.2 Å². The normalized spacial score (nSPS) is 11.8. The third-order valence-corrected chi connectivity index (χ3v) is 1.36. The first-order valence-electron chi connectivity index (χ1n) is 3.87. The second-order valence-electron chi connectivity index (χ2n) is 2.21. The molecule has 0 fully saturated rings. The fourth-order valence-electron chi connectivity index (χ4n) is 0.756. The van der Waals surface area contributed by atoms with Crippen LogP contribution in [-0.2, 0) is 14.3 Å². The zero-order valence-corrected chi connectivity index (χ0v) is 7.53. The Kier molecular flexibility index (Phi) is 4.58. The highest BCUT2D eigenvalue weighted by Crippen LogP contribution is 2.08. The summed E-state index contributed by atoms with van der Waals surface area (Å²) >= 11 is 0. The summed E-state index contributed by atoms with van der Waals surface area (Å²) in [7, 11) is 0. The summed E-state index contributed by atoms with van der Waals surface area (Å²) in [5.41, 5.74) is -0.214. The van der Waals surface area contributed by atoms with Gasteiger partial charge in [0.1, 0.15) is 0 Å². The molecule has 0 aliphatic heterocycles. The Labute approximate surface area is 75.6 Å². The second-order valence-corrected chi connectivity index (χ2v) is 2.21. The van der Waals surface area contributed by atoms with Gasteiger partial charge in [-0.05, 0) is 13.3 Å². The minimum Gasteiger partial charge on any atom is -0.501 e. The van der Waals surface area contributed by atoms with Crippen LogP contribution in [0.5, 0.6) is 0 Å². The molecule has 0 amide bonds. The summed E-state index contributed by atoms with van der Waals surface area (Å²) in [4.78, 5) is 21.3. The Morgan fingerprint density at radius 3 is 2.08 bits per heavy atom. The summed E-state index contributed by atoms with van der Waals surface area (Å²) in [6.07, 6.45) is 0.122. The first kappa shape index (κ1) is 11.5. The van der Waals surface area contributed by atoms with Crippen molar-refractivity contribution in [3.05, 3.63) is 11.3 Å². The quantitative estimate of drug-likeness (QED) is 0.388. The monoisotopic (exact) mass is 188 g/mol. The number of aliphatic hydroxyl groups is 1. The van der Waals surface area contributed by atoms with Gasteiger partial charge in [-0.15, -0.1) is 0 Å². The largest absolute Gasteiger partial charge is 0.501 e. The van der Waals surface area contributed by atoms with Gasteiger partial charge in [-0.25, -0.2) is 9.59 Å². The van der Waals surface area contributed by atoms with Gasteiger partial charge < -0.3 is 14.9 Å². The van der Waals surface area contributed by atoms with Crippen molar-refractivity contribution in [1.82, 2.24) is 0 Å². The van der Waals surface area contributed by atoms with Gasteiger partial charge in [0.25, 0.3) is 0 Å². The van der Waals surface area contributed by atoms with Gasteiger partial charge in [0.15, 0.2) is 0 Å². The Balaban J connectivity index is 4.77. The molecule has 13 heavy (non-hydrogen) atoms. The van der Waals surface area contributed by atoms with Crippen LogP contribution in [0.2, 0.25) is 0 Å². The number of aliphatic carboxylic acids is 1. The zero-order valence-electron chi connectivity index (χ0n) is 7.53. The molecule has 0 aromatic heterocycles. The molecule has 0 spiro atoms. The minimum atomic E-state index is -1.52. The molecule has 0 atom stereocenters. The standard InChI is InChI=1S/C8H12O5/c1-3-5(6(9)7(10)11)8(12)13-4-2/h9H,3-4H2,1-2H3,(H,10,11)/b6-5+. The van der Waals surface area contributed by atoms with E-state index in [-0.39, 0.29) is 18.6 Å². The fourth-order valence-corrected chi connectivity index (χ4v) is 0.756. The predicted molar refractivity (Wildman–Crippen MR) is 44.2 cm³/mol. The van der Waals surface area contributed by atoms with Gasteiger partial charge in [0.05, 0.1) is 12.2 Å². The van der Waals surface area contributed by atoms with Crippen LogP contribution in [0.1, 0.15) is 20.3 Å². The summed E-state index contributed by atoms with van der Waals surface area (Å²) in [5.74, 6) is -3.25. The number of carboxylic acid groups (broad SMARTS) is 1. The van der Waals surface area contributed by atoms with Crippen LogP contribution in [0, 0.1) is 0 Å². The number of carboxylic acids is 1. The highest BCUT2D eigenvalue weighted by Gasteiger charge is 2.18. The molecule has 2 N–H and O–H groups in total. The van der Waals surface area contributed by atoms with Gasteiger partial charge in [0.2, 0.25) is 5.76 Å². The van der Waals surface area contributed by atoms with E-state index in [2.05, 4.69) is 4.74 Å². The Morgan fingerprint density at radius 1 is 1.23 bits per heavy atom. The van der Waals surface area contributed by atoms with Crippen molar-refractivity contribution in [2.75, 3.05) is 6.61 Å². The Hall–Kier alpha value is -1.52. The topological polar surface area (TPSA) is 83.8 Å². The lowest BCUT2D eigenvalue weighted by Crippen LogP contribution is -2.13. The van der Waals surface area contributed by atoms with Gasteiger partial charge in [-0.1, -0.05) is 6.92 Å². The fraction of sp³-hybridized carbons (Fsp3) is 0.500. The van der Waals surface area contributed by atoms with E-state index in [1.807, 2.05) is 0 Å². The molecule has 0 saturated carbocycles. The summed E-state index contributed by atoms with van der Waals surface area (Å²) in [6, 6.07) is 0. The average molecular weight is 188 g/mol. The molecule has 0 unspecified atom stereocenters. The maximum absolute atomic E-state index is 11.0. The van der Waals surface area contributed by atoms with Crippen LogP contribution in [0.3, 0.4) is 0 Å². The molecule has 0 saturated heterocycles. The Bertz CT molecular complexity index is 241. The minimum absolute atomic E-state index is 0.122. The van der Waals surface area contributed by atoms with Crippen LogP contribution in [0.4, 0.5) is 0 Å². The number of rotatable bonds is 4. The van der Waals surface area contributed by atoms with Crippen molar-refractivity contribution in [3.63, 3.8) is 0 Å². The number of carbonyl (C=O) groups is 2. The number of carbonyl (C=O) groups excluding carboxylic acids is 1. The van der Waals surface area contributed by atoms with Crippen molar-refractivity contribution in [2.24, 2.45) is 0 Å². The van der Waals surface area contributed by atoms with E-state index in [1.165, 1.54) is 0 Å². The van der Waals surface area contributed by atoms with Crippen LogP contribution in [0.25, 0.3) is 0 Å². The van der Waals surface area contributed by atoms with E-state index < -0.39 is 17.7 Å². The van der Waals surface area contributed by atoms with Crippen LogP contribution >= 0.6 is 0 Å². The lowest BCUT2D eigenvalue weighted by molar-refractivity contribution is -0.141. The number of aliphatic hydroxyl groups excluding tert-OH is 1. The predicted octanol–water partition coefficient (Wildman–Crippen LogP) is 0.856. The lowest BCUT2D eigenvalue weighted by atomic mass is 10.2. The SMILES string of the molecule is CCOC(=O)/C(CC)=C(/O)C(=O)O. The molecule has 5 nitrogen and oxygen atoms in total. The third kappa shape index (κ3) is 3.14. The van der Waals surface area contributed by atoms with Gasteiger partial charge in [0, 0.05) is 0 Å². The first-order valence-corrected chi connectivity index (χ1v) is 3.87. The number of ether oxygens (including phenoxy) is 1. The average Bonchev–Trinajstić information content (AvgIpc) is 2.05. The third-order valence-electron chi connectivity index (χ3n) is 1.36. The molecule has 5 heteroatoms. The van der Waals surface area contributed by atoms with E-state index in [1.54, 1.807) is 13.8 Å². The first-order chi connectivity index (χ1) is 6.04. The van der Waals surface area contributed by atoms with E-state index >= 15 is 0 Å². The molecule has 0 aromatic carbocycles. The van der Waals surface area contributed by atoms with Crippen LogP contribution < -0.4 is 0 Å². The smallest absolute Gasteiger partial charge is 0.371 e. The zero-order chi connectivity index (χ0) is 10.4. The van der Waals surface area contributed by atoms with Crippen molar-refractivity contribution in [2.45, 2.75) is 20.3 Å². The summed E-state index contributed by atoms with van der Waals surface area (Å²) in [6.45, 7) is 3.31. The number of esters is 1. The van der Waals surface area contributed by atoms with Crippen molar-refractivity contribution in [1.29, 1.82) is 0 Å². The van der Waals surface area contributed by atoms with E-state index in [0.717, 1.165) is 0 Å². The maximum Gasteiger partial charge on any atom is 0.371 e. The molecule has 0 aliphatic carbocycles. The number of hydrogen-bond acceptors (Lipinski definition) is 4.